The second-order valence-electron chi connectivity index (χ2n) is 4.99. The maximum absolute atomic E-state index is 12.9. The molecule has 0 saturated carbocycles. The Hall–Kier alpha value is -2.50. The molecule has 3 rings (SSSR count). The molecule has 1 unspecified atom stereocenters. The minimum absolute atomic E-state index is 0.0887. The van der Waals surface area contributed by atoms with E-state index in [1.807, 2.05) is 12.1 Å². The van der Waals surface area contributed by atoms with Gasteiger partial charge in [-0.15, -0.1) is 10.2 Å². The molecule has 0 aliphatic carbocycles. The summed E-state index contributed by atoms with van der Waals surface area (Å²) in [6.07, 6.45) is 1.31. The first-order valence-corrected chi connectivity index (χ1v) is 6.83. The summed E-state index contributed by atoms with van der Waals surface area (Å²) in [5, 5.41) is 14.3. The van der Waals surface area contributed by atoms with Crippen LogP contribution in [-0.2, 0) is 4.79 Å². The van der Waals surface area contributed by atoms with Gasteiger partial charge in [0.05, 0.1) is 5.69 Å². The Morgan fingerprint density at radius 3 is 2.57 bits per heavy atom. The van der Waals surface area contributed by atoms with Gasteiger partial charge in [0, 0.05) is 24.6 Å². The third kappa shape index (κ3) is 3.34. The molecule has 2 N–H and O–H groups in total. The molecule has 1 saturated heterocycles. The summed E-state index contributed by atoms with van der Waals surface area (Å²) in [5.74, 6) is 0.483. The van der Waals surface area contributed by atoms with Crippen molar-refractivity contribution in [1.29, 1.82) is 0 Å². The lowest BCUT2D eigenvalue weighted by Gasteiger charge is -2.23. The standard InChI is InChI=1S/C15H15FN4O/c16-11-3-1-10(2-4-11)13-6-7-14(20-19-13)18-12-5-8-15(21)17-9-12/h1-4,6-7,12H,5,8-9H2,(H,17,21)(H,18,20). The van der Waals surface area contributed by atoms with Crippen molar-refractivity contribution in [2.45, 2.75) is 18.9 Å². The SMILES string of the molecule is O=C1CCC(Nc2ccc(-c3ccc(F)cc3)nn2)CN1. The van der Waals surface area contributed by atoms with Crippen LogP contribution in [0, 0.1) is 5.82 Å². The Morgan fingerprint density at radius 2 is 1.95 bits per heavy atom. The fourth-order valence-corrected chi connectivity index (χ4v) is 2.25. The topological polar surface area (TPSA) is 66.9 Å². The van der Waals surface area contributed by atoms with Crippen molar-refractivity contribution in [3.8, 4) is 11.3 Å². The highest BCUT2D eigenvalue weighted by molar-refractivity contribution is 5.77. The number of hydrogen-bond donors (Lipinski definition) is 2. The molecule has 0 bridgehead atoms. The van der Waals surface area contributed by atoms with E-state index in [1.165, 1.54) is 12.1 Å². The van der Waals surface area contributed by atoms with Crippen molar-refractivity contribution >= 4 is 11.7 Å². The molecule has 6 heteroatoms. The summed E-state index contributed by atoms with van der Waals surface area (Å²) in [7, 11) is 0. The van der Waals surface area contributed by atoms with Crippen LogP contribution in [-0.4, -0.2) is 28.7 Å². The number of anilines is 1. The Balaban J connectivity index is 1.66. The van der Waals surface area contributed by atoms with Crippen LogP contribution in [0.1, 0.15) is 12.8 Å². The van der Waals surface area contributed by atoms with Gasteiger partial charge in [-0.05, 0) is 42.8 Å². The lowest BCUT2D eigenvalue weighted by Crippen LogP contribution is -2.42. The Kier molecular flexibility index (Phi) is 3.77. The predicted octanol–water partition coefficient (Wildman–Crippen LogP) is 1.97. The van der Waals surface area contributed by atoms with Gasteiger partial charge < -0.3 is 10.6 Å². The zero-order valence-corrected chi connectivity index (χ0v) is 11.3. The molecule has 108 valence electrons. The number of aromatic nitrogens is 2. The van der Waals surface area contributed by atoms with E-state index in [1.54, 1.807) is 12.1 Å². The van der Waals surface area contributed by atoms with Crippen molar-refractivity contribution in [3.63, 3.8) is 0 Å². The van der Waals surface area contributed by atoms with E-state index in [4.69, 9.17) is 0 Å². The van der Waals surface area contributed by atoms with Gasteiger partial charge >= 0.3 is 0 Å². The van der Waals surface area contributed by atoms with Crippen molar-refractivity contribution in [2.75, 3.05) is 11.9 Å². The van der Waals surface area contributed by atoms with E-state index in [0.717, 1.165) is 12.0 Å². The van der Waals surface area contributed by atoms with E-state index in [9.17, 15) is 9.18 Å². The third-order valence-electron chi connectivity index (χ3n) is 3.42. The van der Waals surface area contributed by atoms with E-state index in [2.05, 4.69) is 20.8 Å². The number of rotatable bonds is 3. The number of hydrogen-bond acceptors (Lipinski definition) is 4. The number of benzene rings is 1. The van der Waals surface area contributed by atoms with Crippen molar-refractivity contribution < 1.29 is 9.18 Å². The second kappa shape index (κ2) is 5.87. The fourth-order valence-electron chi connectivity index (χ4n) is 2.25. The summed E-state index contributed by atoms with van der Waals surface area (Å²) >= 11 is 0. The minimum atomic E-state index is -0.274. The molecular weight excluding hydrogens is 271 g/mol. The predicted molar refractivity (Wildman–Crippen MR) is 77.1 cm³/mol. The number of amides is 1. The van der Waals surface area contributed by atoms with Crippen LogP contribution in [0.25, 0.3) is 11.3 Å². The third-order valence-corrected chi connectivity index (χ3v) is 3.42. The highest BCUT2D eigenvalue weighted by Crippen LogP contribution is 2.18. The summed E-state index contributed by atoms with van der Waals surface area (Å²) < 4.78 is 12.9. The molecule has 1 aromatic heterocycles. The van der Waals surface area contributed by atoms with Gasteiger partial charge in [-0.1, -0.05) is 0 Å². The largest absolute Gasteiger partial charge is 0.364 e. The lowest BCUT2D eigenvalue weighted by molar-refractivity contribution is -0.122. The summed E-state index contributed by atoms with van der Waals surface area (Å²) in [6, 6.07) is 9.98. The van der Waals surface area contributed by atoms with Gasteiger partial charge in [-0.3, -0.25) is 4.79 Å². The van der Waals surface area contributed by atoms with E-state index < -0.39 is 0 Å². The molecule has 2 heterocycles. The number of halogens is 1. The molecule has 0 radical (unpaired) electrons. The van der Waals surface area contributed by atoms with Crippen molar-refractivity contribution in [3.05, 3.63) is 42.2 Å². The zero-order valence-electron chi connectivity index (χ0n) is 11.3. The van der Waals surface area contributed by atoms with Gasteiger partial charge in [-0.2, -0.15) is 0 Å². The maximum atomic E-state index is 12.9. The molecule has 2 aromatic rings. The molecule has 5 nitrogen and oxygen atoms in total. The first-order chi connectivity index (χ1) is 10.2. The first-order valence-electron chi connectivity index (χ1n) is 6.83. The number of carbonyl (C=O) groups is 1. The van der Waals surface area contributed by atoms with Crippen molar-refractivity contribution in [2.24, 2.45) is 0 Å². The van der Waals surface area contributed by atoms with E-state index in [-0.39, 0.29) is 17.8 Å². The molecule has 0 spiro atoms. The average molecular weight is 286 g/mol. The van der Waals surface area contributed by atoms with Crippen LogP contribution < -0.4 is 10.6 Å². The molecule has 1 fully saturated rings. The minimum Gasteiger partial charge on any atom is -0.364 e. The van der Waals surface area contributed by atoms with Gasteiger partial charge in [0.2, 0.25) is 5.91 Å². The smallest absolute Gasteiger partial charge is 0.220 e. The Morgan fingerprint density at radius 1 is 1.14 bits per heavy atom. The van der Waals surface area contributed by atoms with Crippen LogP contribution in [0.5, 0.6) is 0 Å². The number of carbonyl (C=O) groups excluding carboxylic acids is 1. The zero-order chi connectivity index (χ0) is 14.7. The number of nitrogens with one attached hydrogen (secondary N) is 2. The second-order valence-corrected chi connectivity index (χ2v) is 4.99. The molecule has 1 atom stereocenters. The maximum Gasteiger partial charge on any atom is 0.220 e. The van der Waals surface area contributed by atoms with Crippen LogP contribution in [0.15, 0.2) is 36.4 Å². The molecular formula is C15H15FN4O. The van der Waals surface area contributed by atoms with Crippen LogP contribution >= 0.6 is 0 Å². The molecule has 1 aliphatic heterocycles. The van der Waals surface area contributed by atoms with Gasteiger partial charge in [0.15, 0.2) is 0 Å². The van der Waals surface area contributed by atoms with E-state index in [0.29, 0.717) is 24.5 Å². The highest BCUT2D eigenvalue weighted by atomic mass is 19.1. The average Bonchev–Trinajstić information content (AvgIpc) is 2.51. The number of nitrogens with zero attached hydrogens (tertiary/aromatic N) is 2. The summed E-state index contributed by atoms with van der Waals surface area (Å²) in [4.78, 5) is 11.1. The molecule has 1 amide bonds. The van der Waals surface area contributed by atoms with E-state index >= 15 is 0 Å². The monoisotopic (exact) mass is 286 g/mol. The lowest BCUT2D eigenvalue weighted by atomic mass is 10.1. The summed E-state index contributed by atoms with van der Waals surface area (Å²) in [6.45, 7) is 0.597. The van der Waals surface area contributed by atoms with Crippen LogP contribution in [0.3, 0.4) is 0 Å². The molecule has 1 aromatic carbocycles. The normalized spacial score (nSPS) is 18.1. The van der Waals surface area contributed by atoms with Gasteiger partial charge in [-0.25, -0.2) is 4.39 Å². The Bertz CT molecular complexity index is 617. The fraction of sp³-hybridized carbons (Fsp3) is 0.267. The van der Waals surface area contributed by atoms with Crippen LogP contribution in [0.4, 0.5) is 10.2 Å². The van der Waals surface area contributed by atoms with Gasteiger partial charge in [0.1, 0.15) is 11.6 Å². The quantitative estimate of drug-likeness (QED) is 0.905. The van der Waals surface area contributed by atoms with Crippen LogP contribution in [0.2, 0.25) is 0 Å². The molecule has 1 aliphatic rings. The molecule has 21 heavy (non-hydrogen) atoms. The van der Waals surface area contributed by atoms with Gasteiger partial charge in [0.25, 0.3) is 0 Å². The summed E-state index contributed by atoms with van der Waals surface area (Å²) in [5.41, 5.74) is 1.51. The first kappa shape index (κ1) is 13.5. The van der Waals surface area contributed by atoms with Crippen molar-refractivity contribution in [1.82, 2.24) is 15.5 Å². The highest BCUT2D eigenvalue weighted by Gasteiger charge is 2.17. The Labute approximate surface area is 121 Å². The number of piperidine rings is 1.